The number of rotatable bonds is 2. The maximum atomic E-state index is 5.81. The van der Waals surface area contributed by atoms with Crippen molar-refractivity contribution in [3.63, 3.8) is 0 Å². The van der Waals surface area contributed by atoms with Crippen molar-refractivity contribution in [3.8, 4) is 5.75 Å². The van der Waals surface area contributed by atoms with Crippen molar-refractivity contribution in [2.24, 2.45) is 5.73 Å². The minimum Gasteiger partial charge on any atom is -0.490 e. The molecule has 1 saturated carbocycles. The van der Waals surface area contributed by atoms with Gasteiger partial charge in [0.15, 0.2) is 0 Å². The average molecular weight is 219 g/mol. The van der Waals surface area contributed by atoms with Crippen molar-refractivity contribution in [2.75, 3.05) is 0 Å². The zero-order valence-electron chi connectivity index (χ0n) is 10.4. The Labute approximate surface area is 97.8 Å². The smallest absolute Gasteiger partial charge is 0.119 e. The second-order valence-electron chi connectivity index (χ2n) is 5.75. The Balaban J connectivity index is 1.97. The van der Waals surface area contributed by atoms with Gasteiger partial charge in [0.05, 0.1) is 0 Å². The van der Waals surface area contributed by atoms with E-state index < -0.39 is 0 Å². The molecule has 0 saturated heterocycles. The van der Waals surface area contributed by atoms with E-state index in [1.54, 1.807) is 0 Å². The summed E-state index contributed by atoms with van der Waals surface area (Å²) < 4.78 is 5.81. The lowest BCUT2D eigenvalue weighted by molar-refractivity contribution is 0.101. The highest BCUT2D eigenvalue weighted by Gasteiger charge is 2.27. The molecule has 1 aromatic rings. The SMILES string of the molecule is CC(C)(C)c1ccc(OC2CC(N)C2)cc1. The van der Waals surface area contributed by atoms with E-state index in [1.807, 2.05) is 0 Å². The molecule has 0 unspecified atom stereocenters. The first kappa shape index (κ1) is 11.5. The summed E-state index contributed by atoms with van der Waals surface area (Å²) in [5.74, 6) is 0.963. The van der Waals surface area contributed by atoms with Gasteiger partial charge in [0, 0.05) is 6.04 Å². The van der Waals surface area contributed by atoms with Gasteiger partial charge in [-0.15, -0.1) is 0 Å². The molecule has 2 nitrogen and oxygen atoms in total. The Kier molecular flexibility index (Phi) is 2.94. The zero-order chi connectivity index (χ0) is 11.8. The van der Waals surface area contributed by atoms with Crippen LogP contribution < -0.4 is 10.5 Å². The highest BCUT2D eigenvalue weighted by atomic mass is 16.5. The van der Waals surface area contributed by atoms with E-state index in [9.17, 15) is 0 Å². The van der Waals surface area contributed by atoms with Crippen LogP contribution >= 0.6 is 0 Å². The first-order valence-electron chi connectivity index (χ1n) is 5.98. The minimum absolute atomic E-state index is 0.206. The maximum absolute atomic E-state index is 5.81. The average Bonchev–Trinajstić information content (AvgIpc) is 2.15. The number of nitrogens with two attached hydrogens (primary N) is 1. The lowest BCUT2D eigenvalue weighted by Crippen LogP contribution is -2.43. The number of hydrogen-bond donors (Lipinski definition) is 1. The summed E-state index contributed by atoms with van der Waals surface area (Å²) in [5.41, 5.74) is 7.27. The molecule has 0 aromatic heterocycles. The summed E-state index contributed by atoms with van der Waals surface area (Å²) >= 11 is 0. The Morgan fingerprint density at radius 3 is 2.12 bits per heavy atom. The molecule has 2 N–H and O–H groups in total. The maximum Gasteiger partial charge on any atom is 0.119 e. The van der Waals surface area contributed by atoms with E-state index in [2.05, 4.69) is 45.0 Å². The first-order chi connectivity index (χ1) is 7.45. The fourth-order valence-corrected chi connectivity index (χ4v) is 1.93. The van der Waals surface area contributed by atoms with E-state index in [-0.39, 0.29) is 5.41 Å². The number of benzene rings is 1. The number of hydrogen-bond acceptors (Lipinski definition) is 2. The van der Waals surface area contributed by atoms with Crippen LogP contribution in [0.2, 0.25) is 0 Å². The van der Waals surface area contributed by atoms with Crippen molar-refractivity contribution >= 4 is 0 Å². The van der Waals surface area contributed by atoms with Gasteiger partial charge >= 0.3 is 0 Å². The molecule has 2 rings (SSSR count). The largest absolute Gasteiger partial charge is 0.490 e. The van der Waals surface area contributed by atoms with Crippen molar-refractivity contribution in [2.45, 2.75) is 51.2 Å². The summed E-state index contributed by atoms with van der Waals surface area (Å²) in [6, 6.07) is 8.76. The van der Waals surface area contributed by atoms with E-state index in [4.69, 9.17) is 10.5 Å². The van der Waals surface area contributed by atoms with Crippen LogP contribution in [-0.4, -0.2) is 12.1 Å². The van der Waals surface area contributed by atoms with Gasteiger partial charge < -0.3 is 10.5 Å². The molecule has 0 spiro atoms. The molecular weight excluding hydrogens is 198 g/mol. The molecule has 0 radical (unpaired) electrons. The van der Waals surface area contributed by atoms with E-state index in [0.717, 1.165) is 18.6 Å². The van der Waals surface area contributed by atoms with Crippen molar-refractivity contribution in [1.82, 2.24) is 0 Å². The second-order valence-corrected chi connectivity index (χ2v) is 5.75. The fraction of sp³-hybridized carbons (Fsp3) is 0.571. The van der Waals surface area contributed by atoms with Crippen LogP contribution in [0.4, 0.5) is 0 Å². The molecule has 0 amide bonds. The van der Waals surface area contributed by atoms with Crippen LogP contribution in [0.3, 0.4) is 0 Å². The molecule has 0 aliphatic heterocycles. The molecule has 16 heavy (non-hydrogen) atoms. The van der Waals surface area contributed by atoms with Crippen LogP contribution in [0.15, 0.2) is 24.3 Å². The Hall–Kier alpha value is -1.02. The van der Waals surface area contributed by atoms with Gasteiger partial charge in [0.25, 0.3) is 0 Å². The first-order valence-corrected chi connectivity index (χ1v) is 5.98. The Bertz CT molecular complexity index is 344. The summed E-state index contributed by atoms with van der Waals surface area (Å²) in [6.07, 6.45) is 2.30. The molecule has 2 heteroatoms. The Morgan fingerprint density at radius 2 is 1.69 bits per heavy atom. The summed E-state index contributed by atoms with van der Waals surface area (Å²) in [5, 5.41) is 0. The van der Waals surface area contributed by atoms with Crippen LogP contribution in [0.1, 0.15) is 39.2 Å². The molecule has 0 atom stereocenters. The van der Waals surface area contributed by atoms with Crippen LogP contribution in [-0.2, 0) is 5.41 Å². The van der Waals surface area contributed by atoms with Crippen LogP contribution in [0.5, 0.6) is 5.75 Å². The third-order valence-electron chi connectivity index (χ3n) is 3.15. The van der Waals surface area contributed by atoms with E-state index in [0.29, 0.717) is 12.1 Å². The van der Waals surface area contributed by atoms with E-state index >= 15 is 0 Å². The summed E-state index contributed by atoms with van der Waals surface area (Å²) in [6.45, 7) is 6.65. The molecule has 0 bridgehead atoms. The van der Waals surface area contributed by atoms with Gasteiger partial charge in [-0.1, -0.05) is 32.9 Å². The van der Waals surface area contributed by atoms with Gasteiger partial charge in [0.2, 0.25) is 0 Å². The Morgan fingerprint density at radius 1 is 1.12 bits per heavy atom. The standard InChI is InChI=1S/C14H21NO/c1-14(2,3)10-4-6-12(7-5-10)16-13-8-11(15)9-13/h4-7,11,13H,8-9,15H2,1-3H3. The third-order valence-corrected chi connectivity index (χ3v) is 3.15. The summed E-state index contributed by atoms with van der Waals surface area (Å²) in [7, 11) is 0. The van der Waals surface area contributed by atoms with Gasteiger partial charge in [-0.2, -0.15) is 0 Å². The molecule has 1 aromatic carbocycles. The van der Waals surface area contributed by atoms with Crippen molar-refractivity contribution in [3.05, 3.63) is 29.8 Å². The van der Waals surface area contributed by atoms with Gasteiger partial charge in [-0.05, 0) is 36.0 Å². The van der Waals surface area contributed by atoms with Crippen LogP contribution in [0.25, 0.3) is 0 Å². The normalized spacial score (nSPS) is 25.0. The van der Waals surface area contributed by atoms with Gasteiger partial charge in [-0.3, -0.25) is 0 Å². The molecule has 0 heterocycles. The lowest BCUT2D eigenvalue weighted by atomic mass is 9.87. The lowest BCUT2D eigenvalue weighted by Gasteiger charge is -2.32. The number of ether oxygens (including phenoxy) is 1. The molecular formula is C14H21NO. The fourth-order valence-electron chi connectivity index (χ4n) is 1.93. The predicted molar refractivity (Wildman–Crippen MR) is 66.8 cm³/mol. The molecule has 1 aliphatic carbocycles. The second kappa shape index (κ2) is 4.10. The highest BCUT2D eigenvalue weighted by molar-refractivity contribution is 5.31. The predicted octanol–water partition coefficient (Wildman–Crippen LogP) is 2.85. The van der Waals surface area contributed by atoms with Gasteiger partial charge in [0.1, 0.15) is 11.9 Å². The highest BCUT2D eigenvalue weighted by Crippen LogP contribution is 2.27. The molecule has 1 fully saturated rings. The zero-order valence-corrected chi connectivity index (χ0v) is 10.4. The van der Waals surface area contributed by atoms with Crippen molar-refractivity contribution < 1.29 is 4.74 Å². The van der Waals surface area contributed by atoms with Crippen molar-refractivity contribution in [1.29, 1.82) is 0 Å². The topological polar surface area (TPSA) is 35.2 Å². The van der Waals surface area contributed by atoms with Gasteiger partial charge in [-0.25, -0.2) is 0 Å². The molecule has 1 aliphatic rings. The van der Waals surface area contributed by atoms with Crippen LogP contribution in [0, 0.1) is 0 Å². The monoisotopic (exact) mass is 219 g/mol. The third kappa shape index (κ3) is 2.56. The summed E-state index contributed by atoms with van der Waals surface area (Å²) in [4.78, 5) is 0. The van der Waals surface area contributed by atoms with E-state index in [1.165, 1.54) is 5.56 Å². The minimum atomic E-state index is 0.206. The molecule has 88 valence electrons. The quantitative estimate of drug-likeness (QED) is 0.830.